The fourth-order valence-electron chi connectivity index (χ4n) is 2.24. The Bertz CT molecular complexity index is 772. The van der Waals surface area contributed by atoms with E-state index in [0.717, 1.165) is 22.2 Å². The van der Waals surface area contributed by atoms with E-state index >= 15 is 0 Å². The van der Waals surface area contributed by atoms with Crippen molar-refractivity contribution in [1.82, 2.24) is 4.98 Å². The summed E-state index contributed by atoms with van der Waals surface area (Å²) in [6, 6.07) is 15.4. The molecule has 0 radical (unpaired) electrons. The smallest absolute Gasteiger partial charge is 0.160 e. The second-order valence-electron chi connectivity index (χ2n) is 4.77. The van der Waals surface area contributed by atoms with Gasteiger partial charge in [0.25, 0.3) is 0 Å². The van der Waals surface area contributed by atoms with Crippen molar-refractivity contribution in [2.75, 3.05) is 12.4 Å². The van der Waals surface area contributed by atoms with Crippen LogP contribution in [0.4, 0.5) is 5.69 Å². The summed E-state index contributed by atoms with van der Waals surface area (Å²) in [4.78, 5) is 4.30. The van der Waals surface area contributed by atoms with Gasteiger partial charge in [0.2, 0.25) is 0 Å². The second kappa shape index (κ2) is 5.71. The lowest BCUT2D eigenvalue weighted by Gasteiger charge is -2.09. The summed E-state index contributed by atoms with van der Waals surface area (Å²) < 4.78 is 5.03. The maximum absolute atomic E-state index is 9.77. The lowest BCUT2D eigenvalue weighted by atomic mass is 10.1. The highest BCUT2D eigenvalue weighted by atomic mass is 16.5. The van der Waals surface area contributed by atoms with Gasteiger partial charge in [-0.3, -0.25) is 4.98 Å². The molecule has 4 heteroatoms. The van der Waals surface area contributed by atoms with Crippen LogP contribution in [0.25, 0.3) is 10.9 Å². The lowest BCUT2D eigenvalue weighted by molar-refractivity contribution is 0.373. The number of nitrogens with zero attached hydrogens (tertiary/aromatic N) is 1. The van der Waals surface area contributed by atoms with Gasteiger partial charge in [0, 0.05) is 23.8 Å². The molecule has 3 rings (SSSR count). The van der Waals surface area contributed by atoms with E-state index in [9.17, 15) is 5.11 Å². The van der Waals surface area contributed by atoms with E-state index < -0.39 is 0 Å². The zero-order valence-corrected chi connectivity index (χ0v) is 11.7. The molecule has 2 aromatic carbocycles. The number of anilines is 1. The highest BCUT2D eigenvalue weighted by Crippen LogP contribution is 2.26. The van der Waals surface area contributed by atoms with Gasteiger partial charge in [-0.15, -0.1) is 0 Å². The standard InChI is InChI=1S/C17H16N2O2/c1-21-17-7-4-12(9-16(17)20)11-19-14-5-6-15-13(10-14)3-2-8-18-15/h2-10,19-20H,11H2,1H3. The molecule has 0 spiro atoms. The Morgan fingerprint density at radius 3 is 2.86 bits per heavy atom. The summed E-state index contributed by atoms with van der Waals surface area (Å²) in [5.41, 5.74) is 2.98. The van der Waals surface area contributed by atoms with E-state index in [0.29, 0.717) is 12.3 Å². The molecule has 0 unspecified atom stereocenters. The molecule has 4 nitrogen and oxygen atoms in total. The van der Waals surface area contributed by atoms with Crippen molar-refractivity contribution in [2.24, 2.45) is 0 Å². The van der Waals surface area contributed by atoms with Crippen molar-refractivity contribution in [3.05, 3.63) is 60.3 Å². The van der Waals surface area contributed by atoms with Crippen molar-refractivity contribution in [3.8, 4) is 11.5 Å². The Balaban J connectivity index is 1.75. The number of rotatable bonds is 4. The molecule has 3 aromatic rings. The monoisotopic (exact) mass is 280 g/mol. The summed E-state index contributed by atoms with van der Waals surface area (Å²) in [6.45, 7) is 0.628. The minimum Gasteiger partial charge on any atom is -0.504 e. The number of aromatic nitrogens is 1. The number of phenolic OH excluding ortho intramolecular Hbond substituents is 1. The number of hydrogen-bond donors (Lipinski definition) is 2. The van der Waals surface area contributed by atoms with Gasteiger partial charge in [-0.1, -0.05) is 12.1 Å². The molecule has 1 heterocycles. The van der Waals surface area contributed by atoms with E-state index in [1.165, 1.54) is 7.11 Å². The summed E-state index contributed by atoms with van der Waals surface area (Å²) in [5, 5.41) is 14.2. The first-order valence-electron chi connectivity index (χ1n) is 6.71. The Kier molecular flexibility index (Phi) is 3.60. The Labute approximate surface area is 123 Å². The fraction of sp³-hybridized carbons (Fsp3) is 0.118. The minimum atomic E-state index is 0.152. The number of aromatic hydroxyl groups is 1. The molecule has 2 N–H and O–H groups in total. The minimum absolute atomic E-state index is 0.152. The predicted octanol–water partition coefficient (Wildman–Crippen LogP) is 3.56. The highest BCUT2D eigenvalue weighted by molar-refractivity contribution is 5.82. The summed E-state index contributed by atoms with van der Waals surface area (Å²) in [7, 11) is 1.54. The highest BCUT2D eigenvalue weighted by Gasteiger charge is 2.03. The van der Waals surface area contributed by atoms with Crippen LogP contribution in [0, 0.1) is 0 Å². The fourth-order valence-corrected chi connectivity index (χ4v) is 2.24. The summed E-state index contributed by atoms with van der Waals surface area (Å²) >= 11 is 0. The van der Waals surface area contributed by atoms with Gasteiger partial charge in [0.15, 0.2) is 11.5 Å². The van der Waals surface area contributed by atoms with Crippen LogP contribution in [0.3, 0.4) is 0 Å². The molecule has 0 bridgehead atoms. The molecule has 0 fully saturated rings. The average Bonchev–Trinajstić information content (AvgIpc) is 2.53. The van der Waals surface area contributed by atoms with Crippen molar-refractivity contribution in [1.29, 1.82) is 0 Å². The van der Waals surface area contributed by atoms with Crippen LogP contribution in [0.15, 0.2) is 54.7 Å². The zero-order valence-electron chi connectivity index (χ0n) is 11.7. The summed E-state index contributed by atoms with van der Waals surface area (Å²) in [6.07, 6.45) is 1.79. The van der Waals surface area contributed by atoms with Gasteiger partial charge in [0.1, 0.15) is 0 Å². The number of fused-ring (bicyclic) bond motifs is 1. The Hall–Kier alpha value is -2.75. The quantitative estimate of drug-likeness (QED) is 0.767. The molecule has 0 aliphatic rings. The van der Waals surface area contributed by atoms with Gasteiger partial charge < -0.3 is 15.2 Å². The third-order valence-electron chi connectivity index (χ3n) is 3.34. The molecule has 106 valence electrons. The SMILES string of the molecule is COc1ccc(CNc2ccc3ncccc3c2)cc1O. The molecule has 0 saturated heterocycles. The van der Waals surface area contributed by atoms with Crippen LogP contribution in [0.2, 0.25) is 0 Å². The Morgan fingerprint density at radius 1 is 1.14 bits per heavy atom. The lowest BCUT2D eigenvalue weighted by Crippen LogP contribution is -1.99. The number of pyridine rings is 1. The van der Waals surface area contributed by atoms with E-state index in [-0.39, 0.29) is 5.75 Å². The average molecular weight is 280 g/mol. The number of phenols is 1. The molecule has 0 saturated carbocycles. The van der Waals surface area contributed by atoms with Crippen LogP contribution < -0.4 is 10.1 Å². The third kappa shape index (κ3) is 2.89. The molecular formula is C17H16N2O2. The van der Waals surface area contributed by atoms with Crippen molar-refractivity contribution < 1.29 is 9.84 Å². The molecule has 0 atom stereocenters. The third-order valence-corrected chi connectivity index (χ3v) is 3.34. The predicted molar refractivity (Wildman–Crippen MR) is 83.7 cm³/mol. The van der Waals surface area contributed by atoms with E-state index in [4.69, 9.17) is 4.74 Å². The normalized spacial score (nSPS) is 10.5. The number of hydrogen-bond acceptors (Lipinski definition) is 4. The van der Waals surface area contributed by atoms with Gasteiger partial charge >= 0.3 is 0 Å². The van der Waals surface area contributed by atoms with Crippen molar-refractivity contribution in [2.45, 2.75) is 6.54 Å². The van der Waals surface area contributed by atoms with Gasteiger partial charge in [-0.05, 0) is 42.0 Å². The molecule has 0 amide bonds. The number of nitrogens with one attached hydrogen (secondary N) is 1. The molecule has 0 aliphatic heterocycles. The molecule has 21 heavy (non-hydrogen) atoms. The maximum atomic E-state index is 9.77. The molecular weight excluding hydrogens is 264 g/mol. The van der Waals surface area contributed by atoms with Gasteiger partial charge in [0.05, 0.1) is 12.6 Å². The first-order chi connectivity index (χ1) is 10.3. The molecule has 0 aliphatic carbocycles. The van der Waals surface area contributed by atoms with E-state index in [1.54, 1.807) is 18.3 Å². The van der Waals surface area contributed by atoms with E-state index in [1.807, 2.05) is 30.3 Å². The largest absolute Gasteiger partial charge is 0.504 e. The van der Waals surface area contributed by atoms with Gasteiger partial charge in [-0.25, -0.2) is 0 Å². The van der Waals surface area contributed by atoms with Crippen LogP contribution >= 0.6 is 0 Å². The van der Waals surface area contributed by atoms with Crippen LogP contribution in [-0.4, -0.2) is 17.2 Å². The van der Waals surface area contributed by atoms with Crippen LogP contribution in [-0.2, 0) is 6.54 Å². The van der Waals surface area contributed by atoms with Gasteiger partial charge in [-0.2, -0.15) is 0 Å². The Morgan fingerprint density at radius 2 is 2.05 bits per heavy atom. The number of methoxy groups -OCH3 is 1. The zero-order chi connectivity index (χ0) is 14.7. The topological polar surface area (TPSA) is 54.4 Å². The van der Waals surface area contributed by atoms with Crippen LogP contribution in [0.1, 0.15) is 5.56 Å². The van der Waals surface area contributed by atoms with Crippen molar-refractivity contribution >= 4 is 16.6 Å². The van der Waals surface area contributed by atoms with E-state index in [2.05, 4.69) is 16.4 Å². The molecule has 1 aromatic heterocycles. The number of ether oxygens (including phenoxy) is 1. The number of benzene rings is 2. The second-order valence-corrected chi connectivity index (χ2v) is 4.77. The first-order valence-corrected chi connectivity index (χ1v) is 6.71. The summed E-state index contributed by atoms with van der Waals surface area (Å²) in [5.74, 6) is 0.634. The van der Waals surface area contributed by atoms with Crippen molar-refractivity contribution in [3.63, 3.8) is 0 Å². The van der Waals surface area contributed by atoms with Crippen LogP contribution in [0.5, 0.6) is 11.5 Å². The maximum Gasteiger partial charge on any atom is 0.160 e. The first kappa shape index (κ1) is 13.2.